The molecule has 0 radical (unpaired) electrons. The third-order valence-corrected chi connectivity index (χ3v) is 4.70. The number of H-pyrrole nitrogens is 1. The topological polar surface area (TPSA) is 53.2 Å². The summed E-state index contributed by atoms with van der Waals surface area (Å²) in [5.74, 6) is -2.28. The van der Waals surface area contributed by atoms with E-state index in [4.69, 9.17) is 0 Å². The van der Waals surface area contributed by atoms with Crippen molar-refractivity contribution in [2.24, 2.45) is 0 Å². The second-order valence-corrected chi connectivity index (χ2v) is 6.53. The zero-order valence-electron chi connectivity index (χ0n) is 16.6. The zero-order valence-corrected chi connectivity index (χ0v) is 16.6. The number of hydrogen-bond donors (Lipinski definition) is 1. The number of benzene rings is 1. The lowest BCUT2D eigenvalue weighted by Gasteiger charge is -2.19. The van der Waals surface area contributed by atoms with Crippen LogP contribution in [0.4, 0.5) is 17.6 Å². The molecule has 0 saturated carbocycles. The smallest absolute Gasteiger partial charge is 0.358 e. The fourth-order valence-corrected chi connectivity index (χ4v) is 3.08. The molecule has 0 saturated heterocycles. The van der Waals surface area contributed by atoms with Crippen molar-refractivity contribution in [2.45, 2.75) is 33.9 Å². The van der Waals surface area contributed by atoms with Crippen molar-refractivity contribution in [3.8, 4) is 0 Å². The van der Waals surface area contributed by atoms with Crippen molar-refractivity contribution >= 4 is 17.8 Å². The molecule has 0 unspecified atom stereocenters. The van der Waals surface area contributed by atoms with Crippen LogP contribution < -0.4 is 0 Å². The van der Waals surface area contributed by atoms with E-state index in [1.807, 2.05) is 13.8 Å². The number of aromatic nitrogens is 1. The molecule has 8 heteroatoms. The van der Waals surface area contributed by atoms with Crippen LogP contribution in [0.1, 0.15) is 57.1 Å². The van der Waals surface area contributed by atoms with E-state index in [2.05, 4.69) is 4.98 Å². The first-order valence-electron chi connectivity index (χ1n) is 9.08. The van der Waals surface area contributed by atoms with Gasteiger partial charge in [-0.05, 0) is 57.5 Å². The van der Waals surface area contributed by atoms with Crippen molar-refractivity contribution in [3.63, 3.8) is 0 Å². The summed E-state index contributed by atoms with van der Waals surface area (Å²) in [5.41, 5.74) is 0.717. The molecular weight excluding hydrogens is 388 g/mol. The molecule has 0 aliphatic rings. The lowest BCUT2D eigenvalue weighted by molar-refractivity contribution is -0.140. The van der Waals surface area contributed by atoms with Crippen molar-refractivity contribution < 1.29 is 27.2 Å². The molecule has 2 aromatic rings. The number of aryl methyl sites for hydroxylation is 1. The Bertz CT molecular complexity index is 954. The number of alkyl halides is 3. The van der Waals surface area contributed by atoms with Gasteiger partial charge in [0.15, 0.2) is 5.78 Å². The number of carbonyl (C=O) groups is 2. The minimum absolute atomic E-state index is 0.128. The van der Waals surface area contributed by atoms with Crippen LogP contribution in [0.3, 0.4) is 0 Å². The van der Waals surface area contributed by atoms with Crippen LogP contribution in [-0.2, 0) is 6.18 Å². The molecule has 0 fully saturated rings. The third kappa shape index (κ3) is 4.75. The van der Waals surface area contributed by atoms with E-state index in [1.54, 1.807) is 18.7 Å². The highest BCUT2D eigenvalue weighted by Crippen LogP contribution is 2.31. The number of amides is 1. The van der Waals surface area contributed by atoms with E-state index in [-0.39, 0.29) is 11.5 Å². The quantitative estimate of drug-likeness (QED) is 0.406. The summed E-state index contributed by atoms with van der Waals surface area (Å²) in [6.07, 6.45) is -2.26. The van der Waals surface area contributed by atoms with Crippen LogP contribution in [0.5, 0.6) is 0 Å². The normalized spacial score (nSPS) is 11.9. The van der Waals surface area contributed by atoms with Crippen molar-refractivity contribution in [2.75, 3.05) is 13.1 Å². The molecule has 4 nitrogen and oxygen atoms in total. The fourth-order valence-electron chi connectivity index (χ4n) is 3.08. The predicted octanol–water partition coefficient (Wildman–Crippen LogP) is 5.17. The van der Waals surface area contributed by atoms with Gasteiger partial charge in [0.2, 0.25) is 0 Å². The average molecular weight is 410 g/mol. The maximum Gasteiger partial charge on any atom is 0.419 e. The van der Waals surface area contributed by atoms with E-state index in [9.17, 15) is 27.2 Å². The first-order valence-corrected chi connectivity index (χ1v) is 9.08. The monoisotopic (exact) mass is 410 g/mol. The number of nitrogens with one attached hydrogen (secondary N) is 1. The summed E-state index contributed by atoms with van der Waals surface area (Å²) < 4.78 is 51.6. The van der Waals surface area contributed by atoms with Gasteiger partial charge < -0.3 is 9.88 Å². The molecule has 1 N–H and O–H groups in total. The maximum absolute atomic E-state index is 13.7. The molecule has 2 rings (SSSR count). The number of carbonyl (C=O) groups excluding carboxylic acids is 2. The maximum atomic E-state index is 13.7. The lowest BCUT2D eigenvalue weighted by atomic mass is 10.1. The van der Waals surface area contributed by atoms with Gasteiger partial charge in [0, 0.05) is 30.0 Å². The van der Waals surface area contributed by atoms with Gasteiger partial charge in [-0.2, -0.15) is 13.2 Å². The minimum Gasteiger partial charge on any atom is -0.358 e. The van der Waals surface area contributed by atoms with Gasteiger partial charge in [-0.1, -0.05) is 6.07 Å². The molecular formula is C21H22F4N2O2. The van der Waals surface area contributed by atoms with Gasteiger partial charge >= 0.3 is 6.18 Å². The number of allylic oxidation sites excluding steroid dienone is 1. The van der Waals surface area contributed by atoms with Gasteiger partial charge in [0.25, 0.3) is 5.91 Å². The minimum atomic E-state index is -4.83. The number of halogens is 4. The van der Waals surface area contributed by atoms with E-state index in [1.165, 1.54) is 6.08 Å². The summed E-state index contributed by atoms with van der Waals surface area (Å²) in [6.45, 7) is 8.35. The summed E-state index contributed by atoms with van der Waals surface area (Å²) >= 11 is 0. The van der Waals surface area contributed by atoms with Gasteiger partial charge in [-0.3, -0.25) is 9.59 Å². The number of ketones is 1. The number of aromatic amines is 1. The van der Waals surface area contributed by atoms with Gasteiger partial charge in [0.1, 0.15) is 5.82 Å². The number of rotatable bonds is 6. The number of nitrogens with zero attached hydrogens (tertiary/aromatic N) is 1. The molecule has 0 atom stereocenters. The molecule has 0 bridgehead atoms. The highest BCUT2D eigenvalue weighted by atomic mass is 19.4. The van der Waals surface area contributed by atoms with Gasteiger partial charge in [-0.15, -0.1) is 0 Å². The Balaban J connectivity index is 2.29. The second-order valence-electron chi connectivity index (χ2n) is 6.53. The molecule has 156 valence electrons. The Kier molecular flexibility index (Phi) is 6.66. The van der Waals surface area contributed by atoms with Crippen LogP contribution in [0.15, 0.2) is 24.3 Å². The second kappa shape index (κ2) is 8.63. The van der Waals surface area contributed by atoms with E-state index < -0.39 is 23.3 Å². The molecule has 1 amide bonds. The Labute approximate surface area is 166 Å². The first kappa shape index (κ1) is 22.4. The highest BCUT2D eigenvalue weighted by molar-refractivity contribution is 6.07. The van der Waals surface area contributed by atoms with Gasteiger partial charge in [-0.25, -0.2) is 4.39 Å². The Morgan fingerprint density at radius 2 is 1.76 bits per heavy atom. The highest BCUT2D eigenvalue weighted by Gasteiger charge is 2.34. The van der Waals surface area contributed by atoms with Crippen LogP contribution in [0, 0.1) is 19.7 Å². The van der Waals surface area contributed by atoms with Crippen LogP contribution in [-0.4, -0.2) is 34.7 Å². The lowest BCUT2D eigenvalue weighted by Crippen LogP contribution is -2.31. The molecule has 0 aliphatic heterocycles. The van der Waals surface area contributed by atoms with Crippen molar-refractivity contribution in [1.29, 1.82) is 0 Å². The average Bonchev–Trinajstić information content (AvgIpc) is 2.92. The molecule has 1 aromatic carbocycles. The largest absolute Gasteiger partial charge is 0.419 e. The Hall–Kier alpha value is -2.90. The van der Waals surface area contributed by atoms with Crippen LogP contribution in [0.25, 0.3) is 6.08 Å². The molecule has 1 heterocycles. The summed E-state index contributed by atoms with van der Waals surface area (Å²) in [7, 11) is 0. The SMILES string of the molecule is CCN(CC)C(=O)c1c(C)[nH]c(/C=C/C(=O)c2ccc(C(F)(F)F)c(F)c2)c1C. The first-order chi connectivity index (χ1) is 13.5. The molecule has 1 aromatic heterocycles. The summed E-state index contributed by atoms with van der Waals surface area (Å²) in [6, 6.07) is 2.04. The summed E-state index contributed by atoms with van der Waals surface area (Å²) in [4.78, 5) is 29.6. The molecule has 29 heavy (non-hydrogen) atoms. The molecule has 0 spiro atoms. The summed E-state index contributed by atoms with van der Waals surface area (Å²) in [5, 5.41) is 0. The standard InChI is InChI=1S/C21H22F4N2O2/c1-5-27(6-2)20(29)19-12(3)17(26-13(19)4)9-10-18(28)14-7-8-15(16(22)11-14)21(23,24)25/h7-11,26H,5-6H2,1-4H3/b10-9+. The van der Waals surface area contributed by atoms with Gasteiger partial charge in [0.05, 0.1) is 11.1 Å². The van der Waals surface area contributed by atoms with Crippen molar-refractivity contribution in [3.05, 3.63) is 63.7 Å². The Morgan fingerprint density at radius 1 is 1.14 bits per heavy atom. The third-order valence-electron chi connectivity index (χ3n) is 4.70. The van der Waals surface area contributed by atoms with Crippen LogP contribution in [0.2, 0.25) is 0 Å². The van der Waals surface area contributed by atoms with E-state index in [0.29, 0.717) is 47.7 Å². The zero-order chi connectivity index (χ0) is 21.9. The van der Waals surface area contributed by atoms with Crippen molar-refractivity contribution in [1.82, 2.24) is 9.88 Å². The molecule has 0 aliphatic carbocycles. The van der Waals surface area contributed by atoms with Crippen LogP contribution >= 0.6 is 0 Å². The fraction of sp³-hybridized carbons (Fsp3) is 0.333. The predicted molar refractivity (Wildman–Crippen MR) is 102 cm³/mol. The van der Waals surface area contributed by atoms with E-state index >= 15 is 0 Å². The van der Waals surface area contributed by atoms with E-state index in [0.717, 1.165) is 12.1 Å². The Morgan fingerprint density at radius 3 is 2.28 bits per heavy atom. The number of hydrogen-bond acceptors (Lipinski definition) is 2.